The Bertz CT molecular complexity index is 365. The van der Waals surface area contributed by atoms with E-state index in [4.69, 9.17) is 0 Å². The molecule has 1 saturated carbocycles. The molecule has 10 heteroatoms. The fraction of sp³-hybridized carbons (Fsp3) is 1.00. The van der Waals surface area contributed by atoms with Gasteiger partial charge in [-0.25, -0.2) is 8.78 Å². The third-order valence-electron chi connectivity index (χ3n) is 3.78. The van der Waals surface area contributed by atoms with Gasteiger partial charge in [0.1, 0.15) is 0 Å². The summed E-state index contributed by atoms with van der Waals surface area (Å²) < 4.78 is 134. The summed E-state index contributed by atoms with van der Waals surface area (Å²) >= 11 is 0. The summed E-state index contributed by atoms with van der Waals surface area (Å²) in [6, 6.07) is 0. The molecule has 2 atom stereocenters. The minimum atomic E-state index is -6.74. The quantitative estimate of drug-likeness (QED) is 0.643. The van der Waals surface area contributed by atoms with Gasteiger partial charge in [-0.15, -0.1) is 0 Å². The van der Waals surface area contributed by atoms with Crippen molar-refractivity contribution in [2.45, 2.75) is 61.7 Å². The summed E-state index contributed by atoms with van der Waals surface area (Å²) in [6.45, 7) is 0.793. The Hall–Kier alpha value is -0.700. The zero-order valence-corrected chi connectivity index (χ0v) is 10.2. The number of halogens is 10. The Morgan fingerprint density at radius 3 is 0.800 bits per heavy atom. The van der Waals surface area contributed by atoms with Crippen LogP contribution in [0.15, 0.2) is 0 Å². The van der Waals surface area contributed by atoms with E-state index in [1.165, 1.54) is 0 Å². The van der Waals surface area contributed by atoms with Crippen molar-refractivity contribution in [3.8, 4) is 0 Å². The van der Waals surface area contributed by atoms with Crippen LogP contribution < -0.4 is 0 Å². The lowest BCUT2D eigenvalue weighted by molar-refractivity contribution is -0.464. The monoisotopic (exact) mass is 320 g/mol. The molecule has 0 nitrogen and oxygen atoms in total. The second-order valence-corrected chi connectivity index (χ2v) is 4.61. The Morgan fingerprint density at radius 1 is 0.450 bits per heavy atom. The van der Waals surface area contributed by atoms with E-state index in [1.54, 1.807) is 0 Å². The molecule has 20 heavy (non-hydrogen) atoms. The van der Waals surface area contributed by atoms with Crippen LogP contribution in [0.25, 0.3) is 0 Å². The van der Waals surface area contributed by atoms with Crippen LogP contribution in [0.4, 0.5) is 43.9 Å². The van der Waals surface area contributed by atoms with Crippen molar-refractivity contribution >= 4 is 0 Å². The summed E-state index contributed by atoms with van der Waals surface area (Å²) in [5.41, 5.74) is -10.3. The lowest BCUT2D eigenvalue weighted by Gasteiger charge is -2.55. The minimum Gasteiger partial charge on any atom is -0.233 e. The molecule has 0 spiro atoms. The van der Waals surface area contributed by atoms with Crippen molar-refractivity contribution in [1.82, 2.24) is 0 Å². The van der Waals surface area contributed by atoms with Gasteiger partial charge in [-0.05, 0) is 12.8 Å². The number of alkyl halides is 10. The van der Waals surface area contributed by atoms with Gasteiger partial charge in [-0.1, -0.05) is 13.8 Å². The first-order valence-electron chi connectivity index (χ1n) is 5.51. The third kappa shape index (κ3) is 1.31. The van der Waals surface area contributed by atoms with Crippen LogP contribution in [-0.2, 0) is 0 Å². The van der Waals surface area contributed by atoms with Crippen molar-refractivity contribution in [3.63, 3.8) is 0 Å². The molecule has 0 N–H and O–H groups in total. The molecule has 1 rings (SSSR count). The van der Waals surface area contributed by atoms with Gasteiger partial charge in [-0.2, -0.15) is 35.1 Å². The molecule has 0 radical (unpaired) electrons. The van der Waals surface area contributed by atoms with Crippen molar-refractivity contribution in [3.05, 3.63) is 0 Å². The van der Waals surface area contributed by atoms with Gasteiger partial charge >= 0.3 is 23.7 Å². The molecule has 120 valence electrons. The average Bonchev–Trinajstić information content (AvgIpc) is 2.34. The molecule has 1 aliphatic carbocycles. The van der Waals surface area contributed by atoms with E-state index < -0.39 is 47.9 Å². The predicted molar refractivity (Wildman–Crippen MR) is 48.0 cm³/mol. The van der Waals surface area contributed by atoms with Gasteiger partial charge in [0.15, 0.2) is 0 Å². The first-order valence-corrected chi connectivity index (χ1v) is 5.51. The highest BCUT2D eigenvalue weighted by atomic mass is 19.4. The highest BCUT2D eigenvalue weighted by Gasteiger charge is 2.98. The van der Waals surface area contributed by atoms with Crippen molar-refractivity contribution in [2.75, 3.05) is 0 Å². The summed E-state index contributed by atoms with van der Waals surface area (Å²) in [5.74, 6) is -26.1. The largest absolute Gasteiger partial charge is 0.381 e. The van der Waals surface area contributed by atoms with Crippen LogP contribution in [-0.4, -0.2) is 35.0 Å². The van der Waals surface area contributed by atoms with Crippen LogP contribution >= 0.6 is 0 Å². The van der Waals surface area contributed by atoms with E-state index in [0.29, 0.717) is 13.8 Å². The van der Waals surface area contributed by atoms with Crippen molar-refractivity contribution < 1.29 is 43.9 Å². The second-order valence-electron chi connectivity index (χ2n) is 4.61. The maximum atomic E-state index is 14.0. The normalized spacial score (nSPS) is 41.4. The number of rotatable bonds is 2. The topological polar surface area (TPSA) is 0 Å². The molecular formula is C10H10F10. The summed E-state index contributed by atoms with van der Waals surface area (Å²) in [5, 5.41) is 0. The van der Waals surface area contributed by atoms with Crippen molar-refractivity contribution in [2.24, 2.45) is 0 Å². The van der Waals surface area contributed by atoms with Gasteiger partial charge in [0.25, 0.3) is 0 Å². The van der Waals surface area contributed by atoms with E-state index in [9.17, 15) is 43.9 Å². The molecule has 0 aromatic rings. The van der Waals surface area contributed by atoms with Crippen LogP contribution in [0.5, 0.6) is 0 Å². The van der Waals surface area contributed by atoms with Gasteiger partial charge < -0.3 is 0 Å². The number of hydrogen-bond donors (Lipinski definition) is 0. The first-order chi connectivity index (χ1) is 8.62. The molecule has 0 saturated heterocycles. The Labute approximate surface area is 107 Å². The zero-order chi connectivity index (χ0) is 16.4. The average molecular weight is 320 g/mol. The van der Waals surface area contributed by atoms with E-state index >= 15 is 0 Å². The summed E-state index contributed by atoms with van der Waals surface area (Å²) in [4.78, 5) is 0. The Balaban J connectivity index is 3.82. The van der Waals surface area contributed by atoms with Crippen LogP contribution in [0, 0.1) is 0 Å². The van der Waals surface area contributed by atoms with Gasteiger partial charge in [0.2, 0.25) is 11.3 Å². The maximum Gasteiger partial charge on any atom is 0.381 e. The standard InChI is InChI=1S/C10H10F10/c1-3-5(11)6(12,4-2)8(15,16)10(19,20)9(17,18)7(5,13)14/h3-4H2,1-2H3. The van der Waals surface area contributed by atoms with Crippen LogP contribution in [0.3, 0.4) is 0 Å². The maximum absolute atomic E-state index is 14.0. The van der Waals surface area contributed by atoms with E-state index in [1.807, 2.05) is 0 Å². The molecule has 0 aliphatic heterocycles. The minimum absolute atomic E-state index is 0.396. The molecule has 1 aliphatic rings. The second kappa shape index (κ2) is 3.94. The Kier molecular flexibility index (Phi) is 3.42. The van der Waals surface area contributed by atoms with E-state index in [0.717, 1.165) is 0 Å². The van der Waals surface area contributed by atoms with E-state index in [-0.39, 0.29) is 0 Å². The van der Waals surface area contributed by atoms with E-state index in [2.05, 4.69) is 0 Å². The fourth-order valence-electron chi connectivity index (χ4n) is 2.39. The summed E-state index contributed by atoms with van der Waals surface area (Å²) in [7, 11) is 0. The number of hydrogen-bond acceptors (Lipinski definition) is 0. The third-order valence-corrected chi connectivity index (χ3v) is 3.78. The summed E-state index contributed by atoms with van der Waals surface area (Å²) in [6.07, 6.45) is -3.66. The lowest BCUT2D eigenvalue weighted by atomic mass is 9.63. The molecule has 0 aromatic carbocycles. The van der Waals surface area contributed by atoms with Crippen molar-refractivity contribution in [1.29, 1.82) is 0 Å². The highest BCUT2D eigenvalue weighted by molar-refractivity contribution is 5.28. The SMILES string of the molecule is CCC1(F)C(F)(F)C(F)(F)C(F)(F)C(F)(F)C1(F)CC. The van der Waals surface area contributed by atoms with Gasteiger partial charge in [0, 0.05) is 0 Å². The molecule has 2 unspecified atom stereocenters. The zero-order valence-electron chi connectivity index (χ0n) is 10.2. The molecule has 0 aromatic heterocycles. The molecule has 0 heterocycles. The highest BCUT2D eigenvalue weighted by Crippen LogP contribution is 2.70. The molecule has 0 bridgehead atoms. The smallest absolute Gasteiger partial charge is 0.233 e. The Morgan fingerprint density at radius 2 is 0.650 bits per heavy atom. The fourth-order valence-corrected chi connectivity index (χ4v) is 2.39. The van der Waals surface area contributed by atoms with Gasteiger partial charge in [-0.3, -0.25) is 0 Å². The van der Waals surface area contributed by atoms with Crippen LogP contribution in [0.1, 0.15) is 26.7 Å². The van der Waals surface area contributed by atoms with Crippen LogP contribution in [0.2, 0.25) is 0 Å². The lowest BCUT2D eigenvalue weighted by Crippen LogP contribution is -2.84. The first kappa shape index (κ1) is 17.4. The van der Waals surface area contributed by atoms with Gasteiger partial charge in [0.05, 0.1) is 0 Å². The molecule has 1 fully saturated rings. The molecule has 0 amide bonds. The predicted octanol–water partition coefficient (Wildman–Crippen LogP) is 4.78. The molecular weight excluding hydrogens is 310 g/mol.